The number of fused-ring (bicyclic) bond motifs is 1. The van der Waals surface area contributed by atoms with Crippen molar-refractivity contribution in [3.63, 3.8) is 0 Å². The zero-order valence-corrected chi connectivity index (χ0v) is 7.77. The van der Waals surface area contributed by atoms with Gasteiger partial charge in [0.25, 0.3) is 0 Å². The molecule has 0 amide bonds. The van der Waals surface area contributed by atoms with E-state index in [0.29, 0.717) is 6.04 Å². The maximum absolute atomic E-state index is 8.99. The van der Waals surface area contributed by atoms with E-state index in [-0.39, 0.29) is 0 Å². The molecule has 3 rings (SSSR count). The smallest absolute Gasteiger partial charge is 0.101 e. The number of hydrogen-bond donors (Lipinski definition) is 0. The van der Waals surface area contributed by atoms with Crippen LogP contribution < -0.4 is 0 Å². The van der Waals surface area contributed by atoms with E-state index in [2.05, 4.69) is 16.7 Å². The number of para-hydroxylation sites is 1. The van der Waals surface area contributed by atoms with Crippen LogP contribution in [-0.4, -0.2) is 4.57 Å². The summed E-state index contributed by atoms with van der Waals surface area (Å²) in [5, 5.41) is 10.1. The third-order valence-corrected chi connectivity index (χ3v) is 2.80. The molecule has 0 radical (unpaired) electrons. The summed E-state index contributed by atoms with van der Waals surface area (Å²) in [6, 6.07) is 11.0. The van der Waals surface area contributed by atoms with E-state index < -0.39 is 0 Å². The predicted molar refractivity (Wildman–Crippen MR) is 54.9 cm³/mol. The Morgan fingerprint density at radius 2 is 2.07 bits per heavy atom. The standard InChI is InChI=1S/C12H10N2/c13-7-9-8-14(10-5-6-10)12-4-2-1-3-11(9)12/h1-4,8,10H,5-6H2. The number of hydrogen-bond acceptors (Lipinski definition) is 1. The van der Waals surface area contributed by atoms with E-state index >= 15 is 0 Å². The summed E-state index contributed by atoms with van der Waals surface area (Å²) >= 11 is 0. The Kier molecular flexibility index (Phi) is 1.43. The summed E-state index contributed by atoms with van der Waals surface area (Å²) in [7, 11) is 0. The molecule has 0 aliphatic heterocycles. The molecule has 0 unspecified atom stereocenters. The molecule has 2 nitrogen and oxygen atoms in total. The second kappa shape index (κ2) is 2.62. The average Bonchev–Trinajstić information content (AvgIpc) is 3.00. The fraction of sp³-hybridized carbons (Fsp3) is 0.250. The van der Waals surface area contributed by atoms with Crippen LogP contribution in [0, 0.1) is 11.3 Å². The minimum atomic E-state index is 0.641. The van der Waals surface area contributed by atoms with Crippen LogP contribution in [0.3, 0.4) is 0 Å². The largest absolute Gasteiger partial charge is 0.343 e. The fourth-order valence-electron chi connectivity index (χ4n) is 1.95. The van der Waals surface area contributed by atoms with Gasteiger partial charge in [-0.15, -0.1) is 0 Å². The molecule has 1 aliphatic carbocycles. The van der Waals surface area contributed by atoms with Crippen molar-refractivity contribution in [2.45, 2.75) is 18.9 Å². The monoisotopic (exact) mass is 182 g/mol. The first-order valence-electron chi connectivity index (χ1n) is 4.90. The van der Waals surface area contributed by atoms with Gasteiger partial charge < -0.3 is 4.57 Å². The maximum atomic E-state index is 8.99. The molecule has 0 spiro atoms. The van der Waals surface area contributed by atoms with Gasteiger partial charge in [-0.3, -0.25) is 0 Å². The van der Waals surface area contributed by atoms with Crippen LogP contribution >= 0.6 is 0 Å². The van der Waals surface area contributed by atoms with Crippen molar-refractivity contribution in [2.24, 2.45) is 0 Å². The molecule has 0 bridgehead atoms. The van der Waals surface area contributed by atoms with Crippen LogP contribution in [0.2, 0.25) is 0 Å². The minimum absolute atomic E-state index is 0.641. The van der Waals surface area contributed by atoms with Gasteiger partial charge in [-0.1, -0.05) is 18.2 Å². The topological polar surface area (TPSA) is 28.7 Å². The van der Waals surface area contributed by atoms with Gasteiger partial charge in [0.05, 0.1) is 5.56 Å². The van der Waals surface area contributed by atoms with Crippen LogP contribution in [0.5, 0.6) is 0 Å². The molecule has 68 valence electrons. The zero-order valence-electron chi connectivity index (χ0n) is 7.77. The third kappa shape index (κ3) is 0.958. The van der Waals surface area contributed by atoms with Crippen molar-refractivity contribution in [2.75, 3.05) is 0 Å². The molecule has 1 fully saturated rings. The van der Waals surface area contributed by atoms with Crippen LogP contribution in [0.1, 0.15) is 24.4 Å². The van der Waals surface area contributed by atoms with Gasteiger partial charge in [-0.25, -0.2) is 0 Å². The Morgan fingerprint density at radius 1 is 1.29 bits per heavy atom. The van der Waals surface area contributed by atoms with Crippen LogP contribution in [-0.2, 0) is 0 Å². The molecular formula is C12H10N2. The highest BCUT2D eigenvalue weighted by Crippen LogP contribution is 2.38. The van der Waals surface area contributed by atoms with E-state index in [1.165, 1.54) is 18.4 Å². The summed E-state index contributed by atoms with van der Waals surface area (Å²) in [6.07, 6.45) is 4.50. The Balaban J connectivity index is 2.35. The van der Waals surface area contributed by atoms with Gasteiger partial charge in [0.2, 0.25) is 0 Å². The summed E-state index contributed by atoms with van der Waals surface area (Å²) in [4.78, 5) is 0. The number of aromatic nitrogens is 1. The summed E-state index contributed by atoms with van der Waals surface area (Å²) in [5.74, 6) is 0. The van der Waals surface area contributed by atoms with E-state index in [9.17, 15) is 0 Å². The van der Waals surface area contributed by atoms with Gasteiger partial charge in [0.1, 0.15) is 6.07 Å². The lowest BCUT2D eigenvalue weighted by atomic mass is 10.2. The molecule has 1 heterocycles. The van der Waals surface area contributed by atoms with Crippen molar-refractivity contribution in [1.29, 1.82) is 5.26 Å². The predicted octanol–water partition coefficient (Wildman–Crippen LogP) is 2.85. The van der Waals surface area contributed by atoms with E-state index in [0.717, 1.165) is 10.9 Å². The molecule has 0 N–H and O–H groups in total. The number of nitriles is 1. The van der Waals surface area contributed by atoms with E-state index in [4.69, 9.17) is 5.26 Å². The molecule has 1 aromatic heterocycles. The molecule has 2 aromatic rings. The summed E-state index contributed by atoms with van der Waals surface area (Å²) in [5.41, 5.74) is 2.00. The Hall–Kier alpha value is -1.75. The fourth-order valence-corrected chi connectivity index (χ4v) is 1.95. The molecule has 1 aliphatic rings. The number of benzene rings is 1. The third-order valence-electron chi connectivity index (χ3n) is 2.80. The first-order valence-corrected chi connectivity index (χ1v) is 4.90. The highest BCUT2D eigenvalue weighted by molar-refractivity contribution is 5.86. The highest BCUT2D eigenvalue weighted by atomic mass is 15.0. The van der Waals surface area contributed by atoms with Gasteiger partial charge in [-0.2, -0.15) is 5.26 Å². The van der Waals surface area contributed by atoms with Crippen LogP contribution in [0.15, 0.2) is 30.5 Å². The first kappa shape index (κ1) is 7.64. The quantitative estimate of drug-likeness (QED) is 0.666. The molecule has 0 atom stereocenters. The summed E-state index contributed by atoms with van der Waals surface area (Å²) in [6.45, 7) is 0. The van der Waals surface area contributed by atoms with Gasteiger partial charge in [0, 0.05) is 23.1 Å². The lowest BCUT2D eigenvalue weighted by Crippen LogP contribution is -1.89. The van der Waals surface area contributed by atoms with Crippen LogP contribution in [0.4, 0.5) is 0 Å². The van der Waals surface area contributed by atoms with Crippen molar-refractivity contribution in [1.82, 2.24) is 4.57 Å². The minimum Gasteiger partial charge on any atom is -0.343 e. The lowest BCUT2D eigenvalue weighted by Gasteiger charge is -2.00. The Morgan fingerprint density at radius 3 is 2.79 bits per heavy atom. The van der Waals surface area contributed by atoms with Crippen molar-refractivity contribution in [3.8, 4) is 6.07 Å². The molecule has 14 heavy (non-hydrogen) atoms. The summed E-state index contributed by atoms with van der Waals surface area (Å²) < 4.78 is 2.24. The normalized spacial score (nSPS) is 15.6. The lowest BCUT2D eigenvalue weighted by molar-refractivity contribution is 0.775. The highest BCUT2D eigenvalue weighted by Gasteiger charge is 2.25. The SMILES string of the molecule is N#Cc1cn(C2CC2)c2ccccc12. The molecule has 0 saturated heterocycles. The van der Waals surface area contributed by atoms with Gasteiger partial charge in [-0.05, 0) is 18.9 Å². The Labute approximate surface area is 82.4 Å². The first-order chi connectivity index (χ1) is 6.90. The molecule has 2 heteroatoms. The molecule has 1 aromatic carbocycles. The van der Waals surface area contributed by atoms with Crippen LogP contribution in [0.25, 0.3) is 10.9 Å². The average molecular weight is 182 g/mol. The van der Waals surface area contributed by atoms with Crippen molar-refractivity contribution >= 4 is 10.9 Å². The molecule has 1 saturated carbocycles. The zero-order chi connectivity index (χ0) is 9.54. The van der Waals surface area contributed by atoms with Gasteiger partial charge >= 0.3 is 0 Å². The Bertz CT molecular complexity index is 527. The second-order valence-corrected chi connectivity index (χ2v) is 3.81. The number of nitrogens with zero attached hydrogens (tertiary/aromatic N) is 2. The van der Waals surface area contributed by atoms with E-state index in [1.807, 2.05) is 24.4 Å². The second-order valence-electron chi connectivity index (χ2n) is 3.81. The number of rotatable bonds is 1. The molecular weight excluding hydrogens is 172 g/mol. The van der Waals surface area contributed by atoms with E-state index in [1.54, 1.807) is 0 Å². The van der Waals surface area contributed by atoms with Crippen molar-refractivity contribution in [3.05, 3.63) is 36.0 Å². The maximum Gasteiger partial charge on any atom is 0.101 e. The van der Waals surface area contributed by atoms with Gasteiger partial charge in [0.15, 0.2) is 0 Å². The van der Waals surface area contributed by atoms with Crippen molar-refractivity contribution < 1.29 is 0 Å².